The van der Waals surface area contributed by atoms with Crippen molar-refractivity contribution in [3.8, 4) is 28.7 Å². The molecular formula is C25H32N4O5. The average Bonchev–Trinajstić information content (AvgIpc) is 2.86. The summed E-state index contributed by atoms with van der Waals surface area (Å²) in [7, 11) is 1.57. The van der Waals surface area contributed by atoms with Crippen molar-refractivity contribution in [2.75, 3.05) is 7.11 Å². The highest BCUT2D eigenvalue weighted by Gasteiger charge is 2.18. The molecule has 0 saturated carbocycles. The van der Waals surface area contributed by atoms with Crippen LogP contribution in [0.3, 0.4) is 0 Å². The fourth-order valence-electron chi connectivity index (χ4n) is 3.55. The van der Waals surface area contributed by atoms with E-state index in [4.69, 9.17) is 36.4 Å². The van der Waals surface area contributed by atoms with Gasteiger partial charge in [0.2, 0.25) is 0 Å². The van der Waals surface area contributed by atoms with Gasteiger partial charge >= 0.3 is 0 Å². The Kier molecular flexibility index (Phi) is 8.67. The second-order valence-corrected chi connectivity index (χ2v) is 7.63. The second-order valence-electron chi connectivity index (χ2n) is 7.63. The molecule has 1 heterocycles. The predicted octanol–water partition coefficient (Wildman–Crippen LogP) is 3.35. The maximum absolute atomic E-state index is 10.2. The van der Waals surface area contributed by atoms with Crippen LogP contribution in [0, 0.1) is 6.92 Å². The van der Waals surface area contributed by atoms with E-state index in [1.54, 1.807) is 26.3 Å². The molecule has 7 N–H and O–H groups in total. The van der Waals surface area contributed by atoms with Gasteiger partial charge in [0, 0.05) is 42.5 Å². The first-order chi connectivity index (χ1) is 16.5. The van der Waals surface area contributed by atoms with E-state index >= 15 is 0 Å². The summed E-state index contributed by atoms with van der Waals surface area (Å²) in [6.45, 7) is 4.34. The Labute approximate surface area is 199 Å². The molecule has 0 fully saturated rings. The van der Waals surface area contributed by atoms with Crippen molar-refractivity contribution in [1.82, 2.24) is 4.98 Å². The minimum atomic E-state index is 0.0355. The van der Waals surface area contributed by atoms with E-state index in [0.29, 0.717) is 45.4 Å². The van der Waals surface area contributed by atoms with E-state index in [1.807, 2.05) is 31.2 Å². The minimum Gasteiger partial charge on any atom is -0.506 e. The maximum Gasteiger partial charge on any atom is 0.173 e. The molecule has 0 radical (unpaired) electrons. The molecule has 182 valence electrons. The van der Waals surface area contributed by atoms with Gasteiger partial charge in [-0.25, -0.2) is 0 Å². The molecule has 0 spiro atoms. The third-order valence-electron chi connectivity index (χ3n) is 5.55. The lowest BCUT2D eigenvalue weighted by molar-refractivity contribution is -0.218. The number of benzene rings is 2. The molecule has 0 aliphatic rings. The first-order valence-corrected chi connectivity index (χ1v) is 11.0. The number of nitrogens with two attached hydrogens (primary N) is 3. The van der Waals surface area contributed by atoms with Crippen LogP contribution < -0.4 is 31.6 Å². The van der Waals surface area contributed by atoms with Gasteiger partial charge in [-0.3, -0.25) is 4.98 Å². The Hall–Kier alpha value is -3.37. The molecule has 0 saturated heterocycles. The van der Waals surface area contributed by atoms with Crippen LogP contribution in [0.2, 0.25) is 0 Å². The number of hydrogen-bond acceptors (Lipinski definition) is 9. The molecule has 34 heavy (non-hydrogen) atoms. The first kappa shape index (κ1) is 25.3. The lowest BCUT2D eigenvalue weighted by Crippen LogP contribution is -2.10. The molecule has 0 bridgehead atoms. The van der Waals surface area contributed by atoms with Crippen LogP contribution in [-0.4, -0.2) is 17.2 Å². The van der Waals surface area contributed by atoms with E-state index < -0.39 is 0 Å². The molecule has 1 aromatic heterocycles. The Morgan fingerprint density at radius 3 is 2.32 bits per heavy atom. The molecular weight excluding hydrogens is 436 g/mol. The van der Waals surface area contributed by atoms with Gasteiger partial charge in [-0.05, 0) is 37.1 Å². The van der Waals surface area contributed by atoms with Crippen molar-refractivity contribution < 1.29 is 24.4 Å². The topological polar surface area (TPSA) is 148 Å². The second kappa shape index (κ2) is 11.7. The highest BCUT2D eigenvalue weighted by atomic mass is 17.2. The monoisotopic (exact) mass is 468 g/mol. The number of para-hydroxylation sites is 1. The smallest absolute Gasteiger partial charge is 0.173 e. The van der Waals surface area contributed by atoms with E-state index in [1.165, 1.54) is 0 Å². The molecule has 2 aromatic carbocycles. The van der Waals surface area contributed by atoms with Gasteiger partial charge in [-0.15, -0.1) is 0 Å². The molecule has 0 unspecified atom stereocenters. The van der Waals surface area contributed by atoms with Crippen molar-refractivity contribution in [2.45, 2.75) is 46.5 Å². The average molecular weight is 469 g/mol. The number of methoxy groups -OCH3 is 1. The van der Waals surface area contributed by atoms with Crippen LogP contribution in [0.4, 0.5) is 0 Å². The van der Waals surface area contributed by atoms with Crippen LogP contribution in [0.15, 0.2) is 36.5 Å². The van der Waals surface area contributed by atoms with Gasteiger partial charge in [0.05, 0.1) is 18.4 Å². The summed E-state index contributed by atoms with van der Waals surface area (Å²) < 4.78 is 11.7. The van der Waals surface area contributed by atoms with Crippen LogP contribution in [0.1, 0.15) is 40.4 Å². The molecule has 9 nitrogen and oxygen atoms in total. The first-order valence-electron chi connectivity index (χ1n) is 11.0. The molecule has 0 aliphatic carbocycles. The fraction of sp³-hybridized carbons (Fsp3) is 0.320. The van der Waals surface area contributed by atoms with E-state index in [9.17, 15) is 5.11 Å². The summed E-state index contributed by atoms with van der Waals surface area (Å²) in [6, 6.07) is 9.31. The molecule has 3 aromatic rings. The number of nitrogens with zero attached hydrogens (tertiary/aromatic N) is 1. The normalized spacial score (nSPS) is 10.9. The number of aromatic nitrogens is 1. The van der Waals surface area contributed by atoms with Crippen molar-refractivity contribution in [1.29, 1.82) is 0 Å². The lowest BCUT2D eigenvalue weighted by Gasteiger charge is -2.19. The highest BCUT2D eigenvalue weighted by Crippen LogP contribution is 2.39. The lowest BCUT2D eigenvalue weighted by atomic mass is 10.1. The zero-order valence-electron chi connectivity index (χ0n) is 19.8. The third-order valence-corrected chi connectivity index (χ3v) is 5.55. The van der Waals surface area contributed by atoms with Gasteiger partial charge in [-0.2, -0.15) is 4.89 Å². The van der Waals surface area contributed by atoms with Gasteiger partial charge in [0.1, 0.15) is 18.1 Å². The van der Waals surface area contributed by atoms with E-state index in [0.717, 1.165) is 17.5 Å². The number of pyridine rings is 1. The number of hydrogen-bond donors (Lipinski definition) is 4. The zero-order chi connectivity index (χ0) is 24.7. The number of ether oxygens (including phenoxy) is 2. The number of rotatable bonds is 11. The summed E-state index contributed by atoms with van der Waals surface area (Å²) in [5.41, 5.74) is 21.8. The molecule has 0 amide bonds. The van der Waals surface area contributed by atoms with Gasteiger partial charge in [0.15, 0.2) is 17.2 Å². The summed E-state index contributed by atoms with van der Waals surface area (Å²) in [5.74, 6) is 2.10. The fourth-order valence-corrected chi connectivity index (χ4v) is 3.55. The number of aryl methyl sites for hydroxylation is 2. The summed E-state index contributed by atoms with van der Waals surface area (Å²) in [5, 5.41) is 10.2. The molecule has 0 aliphatic heterocycles. The number of aromatic hydroxyl groups is 1. The zero-order valence-corrected chi connectivity index (χ0v) is 19.8. The minimum absolute atomic E-state index is 0.0355. The highest BCUT2D eigenvalue weighted by molar-refractivity contribution is 5.54. The Balaban J connectivity index is 1.90. The third kappa shape index (κ3) is 5.40. The van der Waals surface area contributed by atoms with Gasteiger partial charge in [-0.1, -0.05) is 19.1 Å². The van der Waals surface area contributed by atoms with E-state index in [2.05, 4.69) is 4.98 Å². The Bertz CT molecular complexity index is 1110. The standard InChI is InChI=1S/C25H32N4O5/c1-4-16-8-22(33-25-17(10-26)6-5-7-21(25)31-3)20(12-28)23(9-16)34-32-14-18-13-29-15(2)24(30)19(18)11-27/h5-9,13,30H,4,10-12,14,26-28H2,1-3H3. The summed E-state index contributed by atoms with van der Waals surface area (Å²) >= 11 is 0. The van der Waals surface area contributed by atoms with Gasteiger partial charge in [0.25, 0.3) is 0 Å². The van der Waals surface area contributed by atoms with Crippen LogP contribution >= 0.6 is 0 Å². The molecule has 9 heteroatoms. The van der Waals surface area contributed by atoms with Crippen molar-refractivity contribution in [3.63, 3.8) is 0 Å². The maximum atomic E-state index is 10.2. The van der Waals surface area contributed by atoms with Crippen LogP contribution in [0.25, 0.3) is 0 Å². The largest absolute Gasteiger partial charge is 0.506 e. The van der Waals surface area contributed by atoms with Crippen molar-refractivity contribution in [2.24, 2.45) is 17.2 Å². The predicted molar refractivity (Wildman–Crippen MR) is 129 cm³/mol. The summed E-state index contributed by atoms with van der Waals surface area (Å²) in [6.07, 6.45) is 2.35. The van der Waals surface area contributed by atoms with Crippen LogP contribution in [-0.2, 0) is 37.5 Å². The SMILES string of the molecule is CCc1cc(OOCc2cnc(C)c(O)c2CN)c(CN)c(Oc2c(CN)cccc2OC)c1. The van der Waals surface area contributed by atoms with Gasteiger partial charge < -0.3 is 36.7 Å². The van der Waals surface area contributed by atoms with Crippen LogP contribution in [0.5, 0.6) is 28.7 Å². The quantitative estimate of drug-likeness (QED) is 0.245. The molecule has 3 rings (SSSR count). The Morgan fingerprint density at radius 2 is 1.68 bits per heavy atom. The Morgan fingerprint density at radius 1 is 0.941 bits per heavy atom. The van der Waals surface area contributed by atoms with Crippen molar-refractivity contribution in [3.05, 3.63) is 70.0 Å². The van der Waals surface area contributed by atoms with Crippen molar-refractivity contribution >= 4 is 0 Å². The molecule has 0 atom stereocenters. The summed E-state index contributed by atoms with van der Waals surface area (Å²) in [4.78, 5) is 15.4. The van der Waals surface area contributed by atoms with E-state index in [-0.39, 0.29) is 32.0 Å².